The van der Waals surface area contributed by atoms with E-state index < -0.39 is 0 Å². The Kier molecular flexibility index (Phi) is 5.18. The molecule has 0 saturated carbocycles. The molecule has 0 bridgehead atoms. The van der Waals surface area contributed by atoms with Gasteiger partial charge in [0.15, 0.2) is 0 Å². The van der Waals surface area contributed by atoms with Crippen molar-refractivity contribution >= 4 is 22.9 Å². The summed E-state index contributed by atoms with van der Waals surface area (Å²) in [5.74, 6) is -0.0369. The number of hydrogen-bond donors (Lipinski definition) is 2. The highest BCUT2D eigenvalue weighted by atomic mass is 32.1. The Bertz CT molecular complexity index is 551. The van der Waals surface area contributed by atoms with Gasteiger partial charge in [-0.15, -0.1) is 11.3 Å². The predicted molar refractivity (Wildman–Crippen MR) is 85.4 cm³/mol. The molecule has 1 aromatic carbocycles. The fourth-order valence-corrected chi connectivity index (χ4v) is 2.71. The summed E-state index contributed by atoms with van der Waals surface area (Å²) < 4.78 is 0. The van der Waals surface area contributed by atoms with Crippen LogP contribution in [-0.4, -0.2) is 12.5 Å². The molecule has 0 radical (unpaired) electrons. The molecule has 4 heteroatoms. The molecule has 0 spiro atoms. The van der Waals surface area contributed by atoms with Crippen LogP contribution in [-0.2, 0) is 0 Å². The maximum absolute atomic E-state index is 12.4. The highest BCUT2D eigenvalue weighted by Gasteiger charge is 2.14. The highest BCUT2D eigenvalue weighted by molar-refractivity contribution is 7.10. The van der Waals surface area contributed by atoms with Crippen LogP contribution >= 0.6 is 11.3 Å². The number of anilines is 1. The van der Waals surface area contributed by atoms with Crippen LogP contribution in [0.1, 0.15) is 41.5 Å². The second-order valence-corrected chi connectivity index (χ2v) is 5.66. The van der Waals surface area contributed by atoms with E-state index in [-0.39, 0.29) is 11.9 Å². The number of nitrogens with one attached hydrogen (secondary N) is 2. The first-order valence-electron chi connectivity index (χ1n) is 6.89. The average molecular weight is 288 g/mol. The molecule has 0 fully saturated rings. The first-order valence-corrected chi connectivity index (χ1v) is 7.77. The van der Waals surface area contributed by atoms with E-state index in [1.54, 1.807) is 11.3 Å². The lowest BCUT2D eigenvalue weighted by molar-refractivity contribution is 0.0941. The van der Waals surface area contributed by atoms with Crippen LogP contribution in [0.4, 0.5) is 5.69 Å². The Hall–Kier alpha value is -1.81. The van der Waals surface area contributed by atoms with Gasteiger partial charge in [-0.05, 0) is 36.9 Å². The summed E-state index contributed by atoms with van der Waals surface area (Å²) in [6.45, 7) is 4.98. The Morgan fingerprint density at radius 3 is 2.75 bits per heavy atom. The lowest BCUT2D eigenvalue weighted by Crippen LogP contribution is -2.27. The Labute approximate surface area is 124 Å². The zero-order valence-electron chi connectivity index (χ0n) is 11.8. The molecule has 1 amide bonds. The smallest absolute Gasteiger partial charge is 0.253 e. The molecular formula is C16H20N2OS. The Morgan fingerprint density at radius 2 is 2.05 bits per heavy atom. The number of thiophene rings is 1. The molecule has 2 rings (SSSR count). The van der Waals surface area contributed by atoms with Gasteiger partial charge in [0, 0.05) is 17.1 Å². The van der Waals surface area contributed by atoms with Crippen LogP contribution in [0.15, 0.2) is 41.8 Å². The first-order chi connectivity index (χ1) is 9.72. The van der Waals surface area contributed by atoms with Crippen LogP contribution in [0, 0.1) is 0 Å². The maximum atomic E-state index is 12.4. The minimum atomic E-state index is -0.0369. The standard InChI is InChI=1S/C16H20N2OS/c1-3-10-17-14-8-5-4-7-13(14)16(19)18-12(2)15-9-6-11-20-15/h4-9,11-12,17H,3,10H2,1-2H3,(H,18,19)/t12-/m1/s1. The van der Waals surface area contributed by atoms with E-state index in [0.717, 1.165) is 23.5 Å². The number of benzene rings is 1. The lowest BCUT2D eigenvalue weighted by atomic mass is 10.1. The van der Waals surface area contributed by atoms with Gasteiger partial charge in [-0.3, -0.25) is 4.79 Å². The van der Waals surface area contributed by atoms with E-state index in [1.807, 2.05) is 48.7 Å². The highest BCUT2D eigenvalue weighted by Crippen LogP contribution is 2.20. The molecule has 0 aliphatic heterocycles. The molecule has 106 valence electrons. The molecule has 2 N–H and O–H groups in total. The average Bonchev–Trinajstić information content (AvgIpc) is 2.99. The summed E-state index contributed by atoms with van der Waals surface area (Å²) in [6.07, 6.45) is 1.03. The number of amides is 1. The van der Waals surface area contributed by atoms with Gasteiger partial charge in [-0.25, -0.2) is 0 Å². The fraction of sp³-hybridized carbons (Fsp3) is 0.312. The third-order valence-electron chi connectivity index (χ3n) is 3.05. The second-order valence-electron chi connectivity index (χ2n) is 4.68. The summed E-state index contributed by atoms with van der Waals surface area (Å²) in [7, 11) is 0. The topological polar surface area (TPSA) is 41.1 Å². The van der Waals surface area contributed by atoms with Crippen molar-refractivity contribution in [2.45, 2.75) is 26.3 Å². The molecule has 0 saturated heterocycles. The van der Waals surface area contributed by atoms with Crippen molar-refractivity contribution in [1.82, 2.24) is 5.32 Å². The maximum Gasteiger partial charge on any atom is 0.253 e. The summed E-state index contributed by atoms with van der Waals surface area (Å²) in [5.41, 5.74) is 1.59. The quantitative estimate of drug-likeness (QED) is 0.841. The van der Waals surface area contributed by atoms with Gasteiger partial charge in [0.1, 0.15) is 0 Å². The number of para-hydroxylation sites is 1. The van der Waals surface area contributed by atoms with Crippen molar-refractivity contribution in [3.8, 4) is 0 Å². The Balaban J connectivity index is 2.09. The minimum Gasteiger partial charge on any atom is -0.384 e. The van der Waals surface area contributed by atoms with Crippen LogP contribution < -0.4 is 10.6 Å². The predicted octanol–water partition coefficient (Wildman–Crippen LogP) is 4.06. The van der Waals surface area contributed by atoms with Crippen molar-refractivity contribution in [2.24, 2.45) is 0 Å². The van der Waals surface area contributed by atoms with E-state index in [4.69, 9.17) is 0 Å². The van der Waals surface area contributed by atoms with Crippen LogP contribution in [0.3, 0.4) is 0 Å². The molecule has 1 aromatic heterocycles. The summed E-state index contributed by atoms with van der Waals surface area (Å²) in [4.78, 5) is 13.6. The van der Waals surface area contributed by atoms with E-state index >= 15 is 0 Å². The SMILES string of the molecule is CCCNc1ccccc1C(=O)N[C@H](C)c1cccs1. The molecule has 1 atom stereocenters. The second kappa shape index (κ2) is 7.10. The van der Waals surface area contributed by atoms with Crippen molar-refractivity contribution in [2.75, 3.05) is 11.9 Å². The zero-order valence-corrected chi connectivity index (χ0v) is 12.7. The number of carbonyl (C=O) groups is 1. The summed E-state index contributed by atoms with van der Waals surface area (Å²) in [6, 6.07) is 11.7. The van der Waals surface area contributed by atoms with E-state index in [2.05, 4.69) is 17.6 Å². The van der Waals surface area contributed by atoms with Gasteiger partial charge in [0.25, 0.3) is 5.91 Å². The summed E-state index contributed by atoms with van der Waals surface area (Å²) >= 11 is 1.66. The van der Waals surface area contributed by atoms with Gasteiger partial charge in [-0.2, -0.15) is 0 Å². The molecule has 0 unspecified atom stereocenters. The van der Waals surface area contributed by atoms with Gasteiger partial charge in [-0.1, -0.05) is 25.1 Å². The minimum absolute atomic E-state index is 0.0294. The molecule has 1 heterocycles. The van der Waals surface area contributed by atoms with E-state index in [0.29, 0.717) is 5.56 Å². The largest absolute Gasteiger partial charge is 0.384 e. The lowest BCUT2D eigenvalue weighted by Gasteiger charge is -2.15. The zero-order chi connectivity index (χ0) is 14.4. The van der Waals surface area contributed by atoms with Crippen LogP contribution in [0.5, 0.6) is 0 Å². The van der Waals surface area contributed by atoms with Crippen molar-refractivity contribution in [1.29, 1.82) is 0 Å². The van der Waals surface area contributed by atoms with Gasteiger partial charge in [0.05, 0.1) is 11.6 Å². The monoisotopic (exact) mass is 288 g/mol. The molecule has 0 aliphatic carbocycles. The molecule has 0 aliphatic rings. The van der Waals surface area contributed by atoms with Crippen molar-refractivity contribution in [3.05, 3.63) is 52.2 Å². The molecular weight excluding hydrogens is 268 g/mol. The van der Waals surface area contributed by atoms with Gasteiger partial charge < -0.3 is 10.6 Å². The van der Waals surface area contributed by atoms with E-state index in [9.17, 15) is 4.79 Å². The fourth-order valence-electron chi connectivity index (χ4n) is 1.98. The van der Waals surface area contributed by atoms with Crippen molar-refractivity contribution < 1.29 is 4.79 Å². The van der Waals surface area contributed by atoms with Crippen LogP contribution in [0.25, 0.3) is 0 Å². The van der Waals surface area contributed by atoms with Crippen LogP contribution in [0.2, 0.25) is 0 Å². The van der Waals surface area contributed by atoms with Gasteiger partial charge >= 0.3 is 0 Å². The normalized spacial score (nSPS) is 11.9. The number of hydrogen-bond acceptors (Lipinski definition) is 3. The summed E-state index contributed by atoms with van der Waals surface area (Å²) in [5, 5.41) is 8.36. The molecule has 20 heavy (non-hydrogen) atoms. The number of rotatable bonds is 6. The first kappa shape index (κ1) is 14.6. The number of carbonyl (C=O) groups excluding carboxylic acids is 1. The van der Waals surface area contributed by atoms with Crippen molar-refractivity contribution in [3.63, 3.8) is 0 Å². The van der Waals surface area contributed by atoms with E-state index in [1.165, 1.54) is 0 Å². The Morgan fingerprint density at radius 1 is 1.25 bits per heavy atom. The third kappa shape index (κ3) is 3.61. The third-order valence-corrected chi connectivity index (χ3v) is 4.11. The van der Waals surface area contributed by atoms with Gasteiger partial charge in [0.2, 0.25) is 0 Å². The molecule has 2 aromatic rings. The molecule has 3 nitrogen and oxygen atoms in total.